The molecule has 0 aromatic carbocycles. The summed E-state index contributed by atoms with van der Waals surface area (Å²) in [6.45, 7) is 5.45. The van der Waals surface area contributed by atoms with Gasteiger partial charge in [-0.1, -0.05) is 83.4 Å². The smallest absolute Gasteiger partial charge is 0.380 e. The monoisotopic (exact) mass is 462 g/mol. The van der Waals surface area contributed by atoms with Gasteiger partial charge in [0.1, 0.15) is 0 Å². The van der Waals surface area contributed by atoms with Crippen molar-refractivity contribution >= 4 is 45.4 Å². The van der Waals surface area contributed by atoms with Crippen molar-refractivity contribution in [1.82, 2.24) is 0 Å². The van der Waals surface area contributed by atoms with Crippen molar-refractivity contribution in [1.29, 1.82) is 0 Å². The third-order valence-electron chi connectivity index (χ3n) is 4.14. The summed E-state index contributed by atoms with van der Waals surface area (Å²) in [7, 11) is 0. The van der Waals surface area contributed by atoms with Gasteiger partial charge in [-0.25, -0.2) is 0 Å². The lowest BCUT2D eigenvalue weighted by Gasteiger charge is -2.16. The molecule has 1 atom stereocenters. The number of carbonyl (C=O) groups is 1. The number of hydrogen-bond acceptors (Lipinski definition) is 5. The SMILES string of the molecule is CCCCCCCCOC[C@H](COP(=O)(Cl)Cl)SC(=O)CCCCCCC. The Morgan fingerprint density at radius 3 is 2.04 bits per heavy atom. The highest BCUT2D eigenvalue weighted by Gasteiger charge is 2.21. The quantitative estimate of drug-likeness (QED) is 0.144. The Morgan fingerprint density at radius 2 is 1.44 bits per heavy atom. The lowest BCUT2D eigenvalue weighted by molar-refractivity contribution is -0.111. The van der Waals surface area contributed by atoms with Crippen LogP contribution in [0.15, 0.2) is 0 Å². The van der Waals surface area contributed by atoms with E-state index in [4.69, 9.17) is 31.7 Å². The molecular formula is C19H37Cl2O4PS. The minimum absolute atomic E-state index is 0.0486. The Kier molecular flexibility index (Phi) is 19.3. The molecule has 27 heavy (non-hydrogen) atoms. The Hall–Kier alpha value is 0.750. The molecule has 0 aliphatic heterocycles. The highest BCUT2D eigenvalue weighted by molar-refractivity contribution is 8.14. The van der Waals surface area contributed by atoms with Crippen LogP contribution in [0, 0.1) is 0 Å². The first-order chi connectivity index (χ1) is 12.9. The molecule has 0 aromatic rings. The largest absolute Gasteiger partial charge is 0.380 e. The van der Waals surface area contributed by atoms with Crippen molar-refractivity contribution in [3.05, 3.63) is 0 Å². The van der Waals surface area contributed by atoms with Gasteiger partial charge in [0.25, 0.3) is 0 Å². The molecule has 0 fully saturated rings. The summed E-state index contributed by atoms with van der Waals surface area (Å²) in [6.07, 6.45) is 9.71. The minimum Gasteiger partial charge on any atom is -0.380 e. The van der Waals surface area contributed by atoms with Crippen LogP contribution in [0.3, 0.4) is 0 Å². The van der Waals surface area contributed by atoms with Crippen LogP contribution in [-0.4, -0.2) is 30.2 Å². The Balaban J connectivity index is 4.05. The first-order valence-electron chi connectivity index (χ1n) is 10.3. The maximum atomic E-state index is 12.2. The number of rotatable bonds is 19. The van der Waals surface area contributed by atoms with E-state index in [9.17, 15) is 9.36 Å². The van der Waals surface area contributed by atoms with Gasteiger partial charge in [-0.05, 0) is 35.3 Å². The second kappa shape index (κ2) is 18.8. The molecule has 0 bridgehead atoms. The molecule has 0 saturated heterocycles. The summed E-state index contributed by atoms with van der Waals surface area (Å²) in [4.78, 5) is 12.2. The van der Waals surface area contributed by atoms with Gasteiger partial charge in [0.2, 0.25) is 0 Å². The minimum atomic E-state index is -3.59. The fourth-order valence-electron chi connectivity index (χ4n) is 2.60. The maximum Gasteiger partial charge on any atom is 0.380 e. The number of hydrogen-bond donors (Lipinski definition) is 0. The van der Waals surface area contributed by atoms with Gasteiger partial charge in [-0.15, -0.1) is 0 Å². The summed E-state index contributed by atoms with van der Waals surface area (Å²) in [5, 5.41) is -0.124. The van der Waals surface area contributed by atoms with E-state index in [0.29, 0.717) is 19.6 Å². The van der Waals surface area contributed by atoms with Crippen LogP contribution in [0.1, 0.15) is 90.9 Å². The van der Waals surface area contributed by atoms with Crippen LogP contribution in [0.25, 0.3) is 0 Å². The number of unbranched alkanes of at least 4 members (excludes halogenated alkanes) is 9. The van der Waals surface area contributed by atoms with Gasteiger partial charge in [0.15, 0.2) is 5.12 Å². The molecule has 0 aliphatic carbocycles. The highest BCUT2D eigenvalue weighted by atomic mass is 35.9. The molecule has 0 radical (unpaired) electrons. The van der Waals surface area contributed by atoms with E-state index in [-0.39, 0.29) is 17.0 Å². The topological polar surface area (TPSA) is 52.6 Å². The summed E-state index contributed by atoms with van der Waals surface area (Å²) < 4.78 is 22.1. The Labute approximate surface area is 179 Å². The Bertz CT molecular complexity index is 407. The van der Waals surface area contributed by atoms with Crippen molar-refractivity contribution in [3.8, 4) is 0 Å². The molecule has 0 spiro atoms. The molecule has 0 N–H and O–H groups in total. The van der Waals surface area contributed by atoms with Crippen molar-refractivity contribution < 1.29 is 18.6 Å². The van der Waals surface area contributed by atoms with E-state index in [1.807, 2.05) is 0 Å². The normalized spacial score (nSPS) is 13.0. The average molecular weight is 463 g/mol. The summed E-state index contributed by atoms with van der Waals surface area (Å²) in [5.74, 6) is 0. The number of carbonyl (C=O) groups excluding carboxylic acids is 1. The average Bonchev–Trinajstić information content (AvgIpc) is 2.60. The third kappa shape index (κ3) is 21.3. The molecule has 0 unspecified atom stereocenters. The number of halogens is 2. The molecule has 0 aliphatic rings. The molecular weight excluding hydrogens is 426 g/mol. The van der Waals surface area contributed by atoms with Gasteiger partial charge in [-0.3, -0.25) is 9.36 Å². The van der Waals surface area contributed by atoms with Crippen molar-refractivity contribution in [3.63, 3.8) is 0 Å². The summed E-state index contributed by atoms with van der Waals surface area (Å²) in [5.41, 5.74) is 0. The first kappa shape index (κ1) is 27.8. The van der Waals surface area contributed by atoms with E-state index in [2.05, 4.69) is 13.8 Å². The zero-order valence-electron chi connectivity index (χ0n) is 16.9. The molecule has 0 saturated carbocycles. The highest BCUT2D eigenvalue weighted by Crippen LogP contribution is 2.57. The van der Waals surface area contributed by atoms with Gasteiger partial charge in [0.05, 0.1) is 18.5 Å². The van der Waals surface area contributed by atoms with Crippen LogP contribution < -0.4 is 0 Å². The Morgan fingerprint density at radius 1 is 0.889 bits per heavy atom. The van der Waals surface area contributed by atoms with E-state index in [1.165, 1.54) is 56.7 Å². The summed E-state index contributed by atoms with van der Waals surface area (Å²) in [6, 6.07) is 0. The predicted molar refractivity (Wildman–Crippen MR) is 119 cm³/mol. The molecule has 0 aromatic heterocycles. The second-order valence-corrected chi connectivity index (χ2v) is 12.5. The molecule has 0 amide bonds. The van der Waals surface area contributed by atoms with Crippen LogP contribution in [0.5, 0.6) is 0 Å². The maximum absolute atomic E-state index is 12.2. The fraction of sp³-hybridized carbons (Fsp3) is 0.947. The van der Waals surface area contributed by atoms with Crippen LogP contribution in [0.2, 0.25) is 0 Å². The van der Waals surface area contributed by atoms with Crippen LogP contribution in [-0.2, 0) is 18.6 Å². The second-order valence-electron chi connectivity index (χ2n) is 6.83. The van der Waals surface area contributed by atoms with Crippen LogP contribution >= 0.6 is 40.3 Å². The van der Waals surface area contributed by atoms with Crippen molar-refractivity contribution in [2.75, 3.05) is 19.8 Å². The van der Waals surface area contributed by atoms with E-state index in [0.717, 1.165) is 25.7 Å². The molecule has 8 heteroatoms. The molecule has 0 rings (SSSR count). The fourth-order valence-corrected chi connectivity index (χ4v) is 4.33. The van der Waals surface area contributed by atoms with Gasteiger partial charge in [0, 0.05) is 13.0 Å². The zero-order valence-corrected chi connectivity index (χ0v) is 20.2. The van der Waals surface area contributed by atoms with E-state index < -0.39 is 6.07 Å². The third-order valence-corrected chi connectivity index (χ3v) is 6.25. The number of ether oxygens (including phenoxy) is 1. The van der Waals surface area contributed by atoms with Gasteiger partial charge in [-0.2, -0.15) is 0 Å². The number of thioether (sulfide) groups is 1. The lowest BCUT2D eigenvalue weighted by atomic mass is 10.1. The van der Waals surface area contributed by atoms with Gasteiger partial charge < -0.3 is 9.26 Å². The zero-order chi connectivity index (χ0) is 20.4. The summed E-state index contributed by atoms with van der Waals surface area (Å²) >= 11 is 12.1. The first-order valence-corrected chi connectivity index (χ1v) is 14.6. The van der Waals surface area contributed by atoms with Crippen molar-refractivity contribution in [2.45, 2.75) is 96.1 Å². The van der Waals surface area contributed by atoms with E-state index in [1.54, 1.807) is 0 Å². The van der Waals surface area contributed by atoms with E-state index >= 15 is 0 Å². The molecule has 0 heterocycles. The lowest BCUT2D eigenvalue weighted by Crippen LogP contribution is -2.20. The molecule has 162 valence electrons. The standard InChI is InChI=1S/C19H37Cl2O4PS/c1-3-5-7-9-11-13-15-24-16-18(17-25-26(20,21)23)27-19(22)14-12-10-8-6-4-2/h18H,3-17H2,1-2H3/t18-/m1/s1. The molecule has 4 nitrogen and oxygen atoms in total. The predicted octanol–water partition coefficient (Wildman–Crippen LogP) is 7.95. The van der Waals surface area contributed by atoms with Crippen molar-refractivity contribution in [2.24, 2.45) is 0 Å². The van der Waals surface area contributed by atoms with Gasteiger partial charge >= 0.3 is 6.07 Å². The van der Waals surface area contributed by atoms with Crippen LogP contribution in [0.4, 0.5) is 0 Å².